The fraction of sp³-hybridized carbons (Fsp3) is 0.400. The molecule has 3 aromatic rings. The van der Waals surface area contributed by atoms with Crippen molar-refractivity contribution in [2.45, 2.75) is 44.4 Å². The summed E-state index contributed by atoms with van der Waals surface area (Å²) < 4.78 is 29.0. The predicted molar refractivity (Wildman–Crippen MR) is 129 cm³/mol. The average Bonchev–Trinajstić information content (AvgIpc) is 3.24. The molecule has 1 aliphatic heterocycles. The number of carbonyl (C=O) groups excluding carboxylic acids is 1. The fourth-order valence-electron chi connectivity index (χ4n) is 4.11. The lowest BCUT2D eigenvalue weighted by molar-refractivity contribution is -0.128. The quantitative estimate of drug-likeness (QED) is 0.412. The lowest BCUT2D eigenvalue weighted by atomic mass is 10.1. The topological polar surface area (TPSA) is 54.3 Å². The summed E-state index contributed by atoms with van der Waals surface area (Å²) in [5.41, 5.74) is 1.51. The summed E-state index contributed by atoms with van der Waals surface area (Å²) in [7, 11) is 0. The minimum absolute atomic E-state index is 0.0667. The third-order valence-electron chi connectivity index (χ3n) is 5.92. The van der Waals surface area contributed by atoms with E-state index in [4.69, 9.17) is 0 Å². The van der Waals surface area contributed by atoms with Gasteiger partial charge in [0, 0.05) is 18.8 Å². The highest BCUT2D eigenvalue weighted by molar-refractivity contribution is 7.99. The van der Waals surface area contributed by atoms with Gasteiger partial charge in [0.2, 0.25) is 5.91 Å². The lowest BCUT2D eigenvalue weighted by Gasteiger charge is -2.26. The van der Waals surface area contributed by atoms with Crippen LogP contribution >= 0.6 is 11.8 Å². The van der Waals surface area contributed by atoms with Gasteiger partial charge in [-0.05, 0) is 74.8 Å². The van der Waals surface area contributed by atoms with E-state index in [1.807, 2.05) is 17.6 Å². The SMILES string of the molecule is CCN(Cc1cccc(F)c1)C(=O)CSc1nnc(CN2CCCCC2)n1-c1ccc(F)cc1. The zero-order chi connectivity index (χ0) is 23.9. The van der Waals surface area contributed by atoms with Gasteiger partial charge in [0.1, 0.15) is 11.6 Å². The second-order valence-electron chi connectivity index (χ2n) is 8.37. The molecule has 1 aromatic heterocycles. The van der Waals surface area contributed by atoms with Gasteiger partial charge in [-0.3, -0.25) is 14.3 Å². The van der Waals surface area contributed by atoms with E-state index < -0.39 is 0 Å². The number of amides is 1. The van der Waals surface area contributed by atoms with Crippen molar-refractivity contribution in [3.63, 3.8) is 0 Å². The van der Waals surface area contributed by atoms with Gasteiger partial charge < -0.3 is 4.90 Å². The number of carbonyl (C=O) groups is 1. The molecule has 1 aliphatic rings. The van der Waals surface area contributed by atoms with E-state index in [1.54, 1.807) is 23.1 Å². The van der Waals surface area contributed by atoms with Crippen LogP contribution < -0.4 is 0 Å². The first-order chi connectivity index (χ1) is 16.5. The summed E-state index contributed by atoms with van der Waals surface area (Å²) in [4.78, 5) is 17.0. The van der Waals surface area contributed by atoms with Crippen LogP contribution in [0.1, 0.15) is 37.6 Å². The first kappa shape index (κ1) is 24.3. The van der Waals surface area contributed by atoms with Gasteiger partial charge in [-0.1, -0.05) is 30.3 Å². The highest BCUT2D eigenvalue weighted by Crippen LogP contribution is 2.24. The minimum Gasteiger partial charge on any atom is -0.338 e. The number of hydrogen-bond donors (Lipinski definition) is 0. The molecule has 2 heterocycles. The Balaban J connectivity index is 1.49. The number of benzene rings is 2. The summed E-state index contributed by atoms with van der Waals surface area (Å²) in [5.74, 6) is 0.254. The summed E-state index contributed by atoms with van der Waals surface area (Å²) in [5, 5.41) is 9.38. The van der Waals surface area contributed by atoms with E-state index in [9.17, 15) is 13.6 Å². The minimum atomic E-state index is -0.316. The van der Waals surface area contributed by atoms with E-state index in [1.165, 1.54) is 55.3 Å². The number of nitrogens with zero attached hydrogens (tertiary/aromatic N) is 5. The molecule has 9 heteroatoms. The Hall–Kier alpha value is -2.78. The number of halogens is 2. The van der Waals surface area contributed by atoms with E-state index in [2.05, 4.69) is 15.1 Å². The Labute approximate surface area is 203 Å². The number of likely N-dealkylation sites (tertiary alicyclic amines) is 1. The number of rotatable bonds is 9. The van der Waals surface area contributed by atoms with Crippen LogP contribution in [0, 0.1) is 11.6 Å². The summed E-state index contributed by atoms with van der Waals surface area (Å²) >= 11 is 1.31. The summed E-state index contributed by atoms with van der Waals surface area (Å²) in [6.45, 7) is 5.45. The molecular weight excluding hydrogens is 456 g/mol. The normalized spacial score (nSPS) is 14.3. The molecule has 0 saturated carbocycles. The maximum atomic E-state index is 13.6. The van der Waals surface area contributed by atoms with Crippen LogP contribution in [0.3, 0.4) is 0 Å². The monoisotopic (exact) mass is 485 g/mol. The van der Waals surface area contributed by atoms with Crippen molar-refractivity contribution in [2.24, 2.45) is 0 Å². The van der Waals surface area contributed by atoms with Crippen molar-refractivity contribution in [2.75, 3.05) is 25.4 Å². The second-order valence-corrected chi connectivity index (χ2v) is 9.32. The maximum Gasteiger partial charge on any atom is 0.233 e. The van der Waals surface area contributed by atoms with Crippen LogP contribution in [0.15, 0.2) is 53.7 Å². The van der Waals surface area contributed by atoms with Gasteiger partial charge >= 0.3 is 0 Å². The van der Waals surface area contributed by atoms with Gasteiger partial charge in [0.15, 0.2) is 11.0 Å². The summed E-state index contributed by atoms with van der Waals surface area (Å²) in [6, 6.07) is 12.5. The van der Waals surface area contributed by atoms with Crippen molar-refractivity contribution < 1.29 is 13.6 Å². The van der Waals surface area contributed by atoms with Crippen molar-refractivity contribution in [3.8, 4) is 5.69 Å². The van der Waals surface area contributed by atoms with E-state index in [0.29, 0.717) is 24.8 Å². The second kappa shape index (κ2) is 11.6. The maximum absolute atomic E-state index is 13.6. The average molecular weight is 486 g/mol. The zero-order valence-corrected chi connectivity index (χ0v) is 20.1. The highest BCUT2D eigenvalue weighted by Gasteiger charge is 2.21. The van der Waals surface area contributed by atoms with Crippen LogP contribution in [0.5, 0.6) is 0 Å². The number of hydrogen-bond acceptors (Lipinski definition) is 5. The first-order valence-electron chi connectivity index (χ1n) is 11.6. The molecule has 4 rings (SSSR count). The van der Waals surface area contributed by atoms with Crippen LogP contribution in [0.4, 0.5) is 8.78 Å². The fourth-order valence-corrected chi connectivity index (χ4v) is 4.99. The molecule has 1 saturated heterocycles. The third-order valence-corrected chi connectivity index (χ3v) is 6.83. The van der Waals surface area contributed by atoms with Crippen molar-refractivity contribution >= 4 is 17.7 Å². The Morgan fingerprint density at radius 3 is 2.50 bits per heavy atom. The summed E-state index contributed by atoms with van der Waals surface area (Å²) in [6.07, 6.45) is 3.58. The Kier molecular flexibility index (Phi) is 8.29. The van der Waals surface area contributed by atoms with Crippen LogP contribution in [0.25, 0.3) is 5.69 Å². The van der Waals surface area contributed by atoms with E-state index >= 15 is 0 Å². The highest BCUT2D eigenvalue weighted by atomic mass is 32.2. The lowest BCUT2D eigenvalue weighted by Crippen LogP contribution is -2.32. The standard InChI is InChI=1S/C25H29F2N5OS/c1-2-31(16-19-7-6-8-21(27)15-19)24(33)18-34-25-29-28-23(17-30-13-4-3-5-14-30)32(25)22-11-9-20(26)10-12-22/h6-12,15H,2-5,13-14,16-18H2,1H3. The first-order valence-corrected chi connectivity index (χ1v) is 12.6. The Morgan fingerprint density at radius 1 is 1.03 bits per heavy atom. The van der Waals surface area contributed by atoms with Gasteiger partial charge in [0.25, 0.3) is 0 Å². The van der Waals surface area contributed by atoms with Gasteiger partial charge in [-0.2, -0.15) is 0 Å². The number of piperidine rings is 1. The molecule has 180 valence electrons. The largest absolute Gasteiger partial charge is 0.338 e. The number of aromatic nitrogens is 3. The Bertz CT molecular complexity index is 1100. The molecule has 6 nitrogen and oxygen atoms in total. The molecular formula is C25H29F2N5OS. The van der Waals surface area contributed by atoms with Gasteiger partial charge in [-0.25, -0.2) is 8.78 Å². The molecule has 0 aliphatic carbocycles. The molecule has 1 amide bonds. The van der Waals surface area contributed by atoms with E-state index in [-0.39, 0.29) is 23.3 Å². The van der Waals surface area contributed by atoms with Crippen molar-refractivity contribution in [3.05, 3.63) is 71.6 Å². The van der Waals surface area contributed by atoms with Crippen LogP contribution in [-0.4, -0.2) is 55.9 Å². The molecule has 0 spiro atoms. The molecule has 2 aromatic carbocycles. The predicted octanol–water partition coefficient (Wildman–Crippen LogP) is 4.67. The third kappa shape index (κ3) is 6.21. The molecule has 0 N–H and O–H groups in total. The van der Waals surface area contributed by atoms with Crippen LogP contribution in [0.2, 0.25) is 0 Å². The Morgan fingerprint density at radius 2 is 1.79 bits per heavy atom. The molecule has 0 atom stereocenters. The molecule has 34 heavy (non-hydrogen) atoms. The number of thioether (sulfide) groups is 1. The zero-order valence-electron chi connectivity index (χ0n) is 19.3. The van der Waals surface area contributed by atoms with Gasteiger partial charge in [0.05, 0.1) is 12.3 Å². The van der Waals surface area contributed by atoms with Crippen molar-refractivity contribution in [1.82, 2.24) is 24.6 Å². The smallest absolute Gasteiger partial charge is 0.233 e. The van der Waals surface area contributed by atoms with Crippen LogP contribution in [-0.2, 0) is 17.9 Å². The van der Waals surface area contributed by atoms with Gasteiger partial charge in [-0.15, -0.1) is 10.2 Å². The van der Waals surface area contributed by atoms with Crippen molar-refractivity contribution in [1.29, 1.82) is 0 Å². The molecule has 0 unspecified atom stereocenters. The molecule has 0 radical (unpaired) electrons. The molecule has 0 bridgehead atoms. The molecule has 1 fully saturated rings. The van der Waals surface area contributed by atoms with E-state index in [0.717, 1.165) is 30.2 Å².